The highest BCUT2D eigenvalue weighted by molar-refractivity contribution is 4.94. The zero-order chi connectivity index (χ0) is 24.5. The Morgan fingerprint density at radius 1 is 0.636 bits per heavy atom. The Morgan fingerprint density at radius 3 is 1.48 bits per heavy atom. The minimum absolute atomic E-state index is 0.240. The zero-order valence-electron chi connectivity index (χ0n) is 23.4. The van der Waals surface area contributed by atoms with Gasteiger partial charge in [0.15, 0.2) is 0 Å². The quantitative estimate of drug-likeness (QED) is 0.503. The number of hydrogen-bond acceptors (Lipinski definition) is 3. The molecule has 4 heteroatoms. The fraction of sp³-hybridized carbons (Fsp3) is 0.862. The molecule has 192 valence electrons. The molecule has 3 aliphatic rings. The summed E-state index contributed by atoms with van der Waals surface area (Å²) in [5.74, 6) is 0. The zero-order valence-corrected chi connectivity index (χ0v) is 23.4. The molecule has 4 heterocycles. The van der Waals surface area contributed by atoms with E-state index in [0.29, 0.717) is 5.54 Å². The Labute approximate surface area is 206 Å². The van der Waals surface area contributed by atoms with Crippen LogP contribution in [0.25, 0.3) is 0 Å². The van der Waals surface area contributed by atoms with Crippen molar-refractivity contribution in [3.63, 3.8) is 0 Å². The van der Waals surface area contributed by atoms with E-state index in [4.69, 9.17) is 0 Å². The summed E-state index contributed by atoms with van der Waals surface area (Å²) < 4.78 is 2.19. The molecule has 3 aliphatic heterocycles. The molecule has 0 aliphatic carbocycles. The van der Waals surface area contributed by atoms with Crippen molar-refractivity contribution in [1.82, 2.24) is 19.3 Å². The molecule has 0 unspecified atom stereocenters. The molecule has 0 spiro atoms. The normalized spacial score (nSPS) is 22.0. The molecule has 4 nitrogen and oxygen atoms in total. The summed E-state index contributed by atoms with van der Waals surface area (Å²) in [6.45, 7) is 26.1. The molecule has 3 saturated heterocycles. The van der Waals surface area contributed by atoms with E-state index in [1.165, 1.54) is 84.2 Å². The third kappa shape index (κ3) is 10.1. The van der Waals surface area contributed by atoms with Crippen LogP contribution in [-0.2, 0) is 5.54 Å². The van der Waals surface area contributed by atoms with Crippen molar-refractivity contribution in [2.24, 2.45) is 0 Å². The number of piperidine rings is 2. The predicted molar refractivity (Wildman–Crippen MR) is 145 cm³/mol. The second-order valence-electron chi connectivity index (χ2n) is 12.6. The summed E-state index contributed by atoms with van der Waals surface area (Å²) in [7, 11) is 0. The van der Waals surface area contributed by atoms with Gasteiger partial charge >= 0.3 is 0 Å². The molecular formula is C29H56N4. The number of rotatable bonds is 2. The van der Waals surface area contributed by atoms with Crippen LogP contribution in [0.5, 0.6) is 0 Å². The van der Waals surface area contributed by atoms with Crippen LogP contribution < -0.4 is 0 Å². The van der Waals surface area contributed by atoms with Crippen LogP contribution in [0, 0.1) is 0 Å². The molecule has 3 fully saturated rings. The van der Waals surface area contributed by atoms with Crippen molar-refractivity contribution in [3.05, 3.63) is 24.5 Å². The van der Waals surface area contributed by atoms with Crippen molar-refractivity contribution < 1.29 is 0 Å². The van der Waals surface area contributed by atoms with Gasteiger partial charge in [-0.15, -0.1) is 0 Å². The minimum atomic E-state index is 0.240. The van der Waals surface area contributed by atoms with Crippen LogP contribution >= 0.6 is 0 Å². The summed E-state index contributed by atoms with van der Waals surface area (Å²) in [6.07, 6.45) is 14.1. The van der Waals surface area contributed by atoms with Gasteiger partial charge in [0.1, 0.15) is 0 Å². The first kappa shape index (κ1) is 28.4. The second-order valence-corrected chi connectivity index (χ2v) is 12.6. The van der Waals surface area contributed by atoms with Crippen LogP contribution in [0.1, 0.15) is 100 Å². The van der Waals surface area contributed by atoms with Gasteiger partial charge in [-0.3, -0.25) is 4.90 Å². The van der Waals surface area contributed by atoms with Gasteiger partial charge in [0, 0.05) is 35.6 Å². The molecule has 0 radical (unpaired) electrons. The van der Waals surface area contributed by atoms with Crippen molar-refractivity contribution in [2.75, 3.05) is 39.3 Å². The number of hydrogen-bond donors (Lipinski definition) is 0. The van der Waals surface area contributed by atoms with E-state index < -0.39 is 0 Å². The smallest absolute Gasteiger partial charge is 0.0355 e. The number of likely N-dealkylation sites (tertiary alicyclic amines) is 3. The Hall–Kier alpha value is -0.840. The van der Waals surface area contributed by atoms with Crippen LogP contribution in [0.15, 0.2) is 24.5 Å². The first-order valence-corrected chi connectivity index (χ1v) is 13.8. The topological polar surface area (TPSA) is 14.7 Å². The monoisotopic (exact) mass is 460 g/mol. The molecular weight excluding hydrogens is 404 g/mol. The predicted octanol–water partition coefficient (Wildman–Crippen LogP) is 6.47. The van der Waals surface area contributed by atoms with Crippen LogP contribution in [0.4, 0.5) is 0 Å². The lowest BCUT2D eigenvalue weighted by Crippen LogP contribution is -2.48. The number of nitrogens with zero attached hydrogens (tertiary/aromatic N) is 4. The summed E-state index contributed by atoms with van der Waals surface area (Å²) in [4.78, 5) is 7.93. The average Bonchev–Trinajstić information content (AvgIpc) is 3.49. The molecule has 4 rings (SSSR count). The van der Waals surface area contributed by atoms with Crippen LogP contribution in [0.2, 0.25) is 0 Å². The maximum atomic E-state index is 2.75. The molecule has 0 N–H and O–H groups in total. The maximum absolute atomic E-state index is 2.75. The van der Waals surface area contributed by atoms with Gasteiger partial charge in [-0.1, -0.05) is 6.42 Å². The van der Waals surface area contributed by atoms with Crippen molar-refractivity contribution in [1.29, 1.82) is 0 Å². The highest BCUT2D eigenvalue weighted by Gasteiger charge is 2.26. The summed E-state index contributed by atoms with van der Waals surface area (Å²) >= 11 is 0. The molecule has 33 heavy (non-hydrogen) atoms. The first-order chi connectivity index (χ1) is 15.5. The van der Waals surface area contributed by atoms with Crippen LogP contribution in [-0.4, -0.2) is 76.2 Å². The van der Waals surface area contributed by atoms with E-state index in [-0.39, 0.29) is 5.54 Å². The largest absolute Gasteiger partial charge is 0.349 e. The molecule has 0 bridgehead atoms. The van der Waals surface area contributed by atoms with E-state index in [1.54, 1.807) is 0 Å². The van der Waals surface area contributed by atoms with Crippen molar-refractivity contribution >= 4 is 0 Å². The van der Waals surface area contributed by atoms with Crippen molar-refractivity contribution in [2.45, 2.75) is 123 Å². The SMILES string of the molecule is CC(C)(C)N1CCCC1.CC(C)(C)n1cccc1.CC(C)N1CCC(N2CCCCC2)CC1. The molecule has 1 aromatic heterocycles. The molecule has 0 saturated carbocycles. The van der Waals surface area contributed by atoms with E-state index in [1.807, 2.05) is 12.1 Å². The Balaban J connectivity index is 0.000000186. The maximum Gasteiger partial charge on any atom is 0.0355 e. The average molecular weight is 461 g/mol. The fourth-order valence-electron chi connectivity index (χ4n) is 5.22. The highest BCUT2D eigenvalue weighted by atomic mass is 15.2. The lowest BCUT2D eigenvalue weighted by molar-refractivity contribution is 0.0796. The fourth-order valence-corrected chi connectivity index (χ4v) is 5.22. The van der Waals surface area contributed by atoms with Gasteiger partial charge < -0.3 is 14.4 Å². The third-order valence-electron chi connectivity index (χ3n) is 7.57. The summed E-state index contributed by atoms with van der Waals surface area (Å²) in [6, 6.07) is 5.74. The van der Waals surface area contributed by atoms with E-state index in [2.05, 4.69) is 87.1 Å². The third-order valence-corrected chi connectivity index (χ3v) is 7.57. The minimum Gasteiger partial charge on any atom is -0.349 e. The van der Waals surface area contributed by atoms with Gasteiger partial charge in [0.05, 0.1) is 0 Å². The highest BCUT2D eigenvalue weighted by Crippen LogP contribution is 2.22. The Bertz CT molecular complexity index is 603. The van der Waals surface area contributed by atoms with E-state index in [9.17, 15) is 0 Å². The van der Waals surface area contributed by atoms with Gasteiger partial charge in [-0.2, -0.15) is 0 Å². The van der Waals surface area contributed by atoms with Gasteiger partial charge in [0.25, 0.3) is 0 Å². The lowest BCUT2D eigenvalue weighted by atomic mass is 9.99. The first-order valence-electron chi connectivity index (χ1n) is 13.8. The van der Waals surface area contributed by atoms with E-state index in [0.717, 1.165) is 12.1 Å². The van der Waals surface area contributed by atoms with Gasteiger partial charge in [-0.25, -0.2) is 0 Å². The molecule has 0 aromatic carbocycles. The van der Waals surface area contributed by atoms with Gasteiger partial charge in [-0.05, 0) is 145 Å². The van der Waals surface area contributed by atoms with Gasteiger partial charge in [0.2, 0.25) is 0 Å². The lowest BCUT2D eigenvalue weighted by Gasteiger charge is -2.41. The van der Waals surface area contributed by atoms with E-state index >= 15 is 0 Å². The molecule has 0 amide bonds. The molecule has 0 atom stereocenters. The van der Waals surface area contributed by atoms with Crippen LogP contribution in [0.3, 0.4) is 0 Å². The Morgan fingerprint density at radius 2 is 1.12 bits per heavy atom. The molecule has 1 aromatic rings. The summed E-state index contributed by atoms with van der Waals surface area (Å²) in [5, 5.41) is 0. The number of aromatic nitrogens is 1. The Kier molecular flexibility index (Phi) is 11.4. The standard InChI is InChI=1S/C13H26N2.C8H17N.C8H13N/c1-12(2)14-10-6-13(7-11-14)15-8-4-3-5-9-15;2*1-8(2,3)9-6-4-5-7-9/h12-13H,3-11H2,1-2H3;4-7H2,1-3H3;4-7H,1-3H3. The summed E-state index contributed by atoms with van der Waals surface area (Å²) in [5.41, 5.74) is 0.653. The van der Waals surface area contributed by atoms with Crippen molar-refractivity contribution in [3.8, 4) is 0 Å². The second kappa shape index (κ2) is 13.3.